The van der Waals surface area contributed by atoms with Crippen LogP contribution in [0.2, 0.25) is 0 Å². The Kier molecular flexibility index (Phi) is 3.98. The lowest BCUT2D eigenvalue weighted by Gasteiger charge is -2.03. The smallest absolute Gasteiger partial charge is 0.148 e. The molecule has 0 bridgehead atoms. The van der Waals surface area contributed by atoms with E-state index in [4.69, 9.17) is 0 Å². The number of phenolic OH excluding ortho intramolecular Hbond substituents is 1. The van der Waals surface area contributed by atoms with E-state index in [9.17, 15) is 5.11 Å². The predicted octanol–water partition coefficient (Wildman–Crippen LogP) is 1.87. The summed E-state index contributed by atoms with van der Waals surface area (Å²) in [4.78, 5) is 1.08. The van der Waals surface area contributed by atoms with Crippen LogP contribution in [0.25, 0.3) is 0 Å². The van der Waals surface area contributed by atoms with Gasteiger partial charge in [0.2, 0.25) is 0 Å². The molecule has 0 spiro atoms. The highest BCUT2D eigenvalue weighted by Crippen LogP contribution is 2.22. The minimum Gasteiger partial charge on any atom is -0.508 e. The molecule has 0 amide bonds. The van der Waals surface area contributed by atoms with Crippen molar-refractivity contribution in [2.75, 3.05) is 5.75 Å². The summed E-state index contributed by atoms with van der Waals surface area (Å²) in [5.74, 6) is 2.13. The lowest BCUT2D eigenvalue weighted by atomic mass is 10.3. The molecule has 5 nitrogen and oxygen atoms in total. The maximum atomic E-state index is 9.31. The molecule has 17 heavy (non-hydrogen) atoms. The first-order chi connectivity index (χ1) is 8.25. The molecule has 0 aliphatic rings. The molecule has 0 saturated carbocycles. The number of aromatic nitrogens is 4. The first-order valence-electron chi connectivity index (χ1n) is 5.40. The molecule has 1 aromatic carbocycles. The van der Waals surface area contributed by atoms with Crippen molar-refractivity contribution in [3.8, 4) is 5.75 Å². The van der Waals surface area contributed by atoms with Gasteiger partial charge in [0, 0.05) is 11.4 Å². The van der Waals surface area contributed by atoms with Gasteiger partial charge in [-0.1, -0.05) is 6.07 Å². The molecular weight excluding hydrogens is 236 g/mol. The highest BCUT2D eigenvalue weighted by Gasteiger charge is 2.00. The highest BCUT2D eigenvalue weighted by atomic mass is 32.2. The summed E-state index contributed by atoms with van der Waals surface area (Å²) < 4.78 is 1.79. The molecule has 6 heteroatoms. The zero-order chi connectivity index (χ0) is 12.1. The van der Waals surface area contributed by atoms with Crippen LogP contribution in [-0.2, 0) is 6.54 Å². The van der Waals surface area contributed by atoms with Gasteiger partial charge >= 0.3 is 0 Å². The Morgan fingerprint density at radius 1 is 1.41 bits per heavy atom. The lowest BCUT2D eigenvalue weighted by Crippen LogP contribution is -2.03. The van der Waals surface area contributed by atoms with E-state index >= 15 is 0 Å². The quantitative estimate of drug-likeness (QED) is 0.648. The van der Waals surface area contributed by atoms with E-state index in [2.05, 4.69) is 15.5 Å². The van der Waals surface area contributed by atoms with Crippen LogP contribution in [0.1, 0.15) is 12.2 Å². The molecule has 1 N–H and O–H groups in total. The van der Waals surface area contributed by atoms with E-state index < -0.39 is 0 Å². The normalized spacial score (nSPS) is 10.6. The molecule has 0 atom stereocenters. The molecule has 0 radical (unpaired) electrons. The second kappa shape index (κ2) is 5.67. The highest BCUT2D eigenvalue weighted by molar-refractivity contribution is 7.99. The third kappa shape index (κ3) is 3.45. The van der Waals surface area contributed by atoms with Gasteiger partial charge in [-0.15, -0.1) is 16.9 Å². The third-order valence-corrected chi connectivity index (χ3v) is 3.39. The second-order valence-corrected chi connectivity index (χ2v) is 4.82. The van der Waals surface area contributed by atoms with Crippen LogP contribution in [0, 0.1) is 6.92 Å². The number of phenols is 1. The first kappa shape index (κ1) is 11.9. The fourth-order valence-corrected chi connectivity index (χ4v) is 2.32. The van der Waals surface area contributed by atoms with Gasteiger partial charge in [0.1, 0.15) is 11.6 Å². The molecular formula is C11H14N4OS. The number of tetrazole rings is 1. The molecule has 0 aliphatic carbocycles. The number of aromatic hydroxyl groups is 1. The Balaban J connectivity index is 1.75. The average Bonchev–Trinajstić information content (AvgIpc) is 2.71. The van der Waals surface area contributed by atoms with Gasteiger partial charge in [-0.3, -0.25) is 0 Å². The number of aryl methyl sites for hydroxylation is 2. The second-order valence-electron chi connectivity index (χ2n) is 3.65. The van der Waals surface area contributed by atoms with Gasteiger partial charge in [0.05, 0.1) is 0 Å². The van der Waals surface area contributed by atoms with Gasteiger partial charge in [-0.25, -0.2) is 4.68 Å². The van der Waals surface area contributed by atoms with Gasteiger partial charge in [0.15, 0.2) is 0 Å². The Labute approximate surface area is 104 Å². The average molecular weight is 250 g/mol. The fourth-order valence-electron chi connectivity index (χ4n) is 1.43. The van der Waals surface area contributed by atoms with Crippen LogP contribution in [0.4, 0.5) is 0 Å². The van der Waals surface area contributed by atoms with Crippen LogP contribution >= 0.6 is 11.8 Å². The first-order valence-corrected chi connectivity index (χ1v) is 6.39. The van der Waals surface area contributed by atoms with E-state index in [0.717, 1.165) is 29.4 Å². The number of nitrogens with zero attached hydrogens (tertiary/aromatic N) is 4. The Morgan fingerprint density at radius 2 is 2.29 bits per heavy atom. The van der Waals surface area contributed by atoms with Crippen LogP contribution in [0.5, 0.6) is 5.75 Å². The lowest BCUT2D eigenvalue weighted by molar-refractivity contribution is 0.474. The van der Waals surface area contributed by atoms with Crippen molar-refractivity contribution in [2.45, 2.75) is 24.8 Å². The maximum Gasteiger partial charge on any atom is 0.148 e. The van der Waals surface area contributed by atoms with Crippen molar-refractivity contribution in [1.29, 1.82) is 0 Å². The van der Waals surface area contributed by atoms with E-state index in [1.807, 2.05) is 19.1 Å². The maximum absolute atomic E-state index is 9.31. The van der Waals surface area contributed by atoms with Crippen molar-refractivity contribution >= 4 is 11.8 Å². The SMILES string of the molecule is Cc1nnnn1CCCSc1cccc(O)c1. The number of benzene rings is 1. The summed E-state index contributed by atoms with van der Waals surface area (Å²) >= 11 is 1.72. The van der Waals surface area contributed by atoms with Gasteiger partial charge < -0.3 is 5.11 Å². The van der Waals surface area contributed by atoms with Gasteiger partial charge in [-0.05, 0) is 47.7 Å². The van der Waals surface area contributed by atoms with Crippen molar-refractivity contribution in [3.05, 3.63) is 30.1 Å². The van der Waals surface area contributed by atoms with Crippen molar-refractivity contribution in [3.63, 3.8) is 0 Å². The molecule has 0 aliphatic heterocycles. The minimum atomic E-state index is 0.311. The Morgan fingerprint density at radius 3 is 3.00 bits per heavy atom. The Bertz CT molecular complexity index is 486. The van der Waals surface area contributed by atoms with E-state index in [0.29, 0.717) is 5.75 Å². The molecule has 1 aromatic heterocycles. The summed E-state index contributed by atoms with van der Waals surface area (Å²) in [5.41, 5.74) is 0. The fraction of sp³-hybridized carbons (Fsp3) is 0.364. The zero-order valence-corrected chi connectivity index (χ0v) is 10.4. The molecule has 90 valence electrons. The largest absolute Gasteiger partial charge is 0.508 e. The van der Waals surface area contributed by atoms with Crippen LogP contribution < -0.4 is 0 Å². The van der Waals surface area contributed by atoms with Crippen molar-refractivity contribution in [2.24, 2.45) is 0 Å². The molecule has 2 aromatic rings. The summed E-state index contributed by atoms with van der Waals surface area (Å²) in [5, 5.41) is 20.6. The number of rotatable bonds is 5. The van der Waals surface area contributed by atoms with Gasteiger partial charge in [0.25, 0.3) is 0 Å². The topological polar surface area (TPSA) is 63.8 Å². The van der Waals surface area contributed by atoms with Gasteiger partial charge in [-0.2, -0.15) is 0 Å². The predicted molar refractivity (Wildman–Crippen MR) is 66.0 cm³/mol. The zero-order valence-electron chi connectivity index (χ0n) is 9.58. The monoisotopic (exact) mass is 250 g/mol. The van der Waals surface area contributed by atoms with Crippen LogP contribution in [-0.4, -0.2) is 31.1 Å². The molecule has 2 rings (SSSR count). The standard InChI is InChI=1S/C11H14N4OS/c1-9-12-13-14-15(9)6-3-7-17-11-5-2-4-10(16)8-11/h2,4-5,8,16H,3,6-7H2,1H3. The molecule has 1 heterocycles. The third-order valence-electron chi connectivity index (χ3n) is 2.31. The number of hydrogen-bond donors (Lipinski definition) is 1. The summed E-state index contributed by atoms with van der Waals surface area (Å²) in [7, 11) is 0. The minimum absolute atomic E-state index is 0.311. The molecule has 0 fully saturated rings. The Hall–Kier alpha value is -1.56. The summed E-state index contributed by atoms with van der Waals surface area (Å²) in [6, 6.07) is 7.29. The molecule has 0 saturated heterocycles. The van der Waals surface area contributed by atoms with Crippen molar-refractivity contribution < 1.29 is 5.11 Å². The number of thioether (sulfide) groups is 1. The summed E-state index contributed by atoms with van der Waals surface area (Å²) in [6.45, 7) is 2.72. The van der Waals surface area contributed by atoms with Crippen LogP contribution in [0.15, 0.2) is 29.2 Å². The molecule has 0 unspecified atom stereocenters. The number of hydrogen-bond acceptors (Lipinski definition) is 5. The van der Waals surface area contributed by atoms with Crippen molar-refractivity contribution in [1.82, 2.24) is 20.2 Å². The van der Waals surface area contributed by atoms with E-state index in [1.165, 1.54) is 0 Å². The van der Waals surface area contributed by atoms with E-state index in [-0.39, 0.29) is 0 Å². The van der Waals surface area contributed by atoms with Crippen LogP contribution in [0.3, 0.4) is 0 Å². The summed E-state index contributed by atoms with van der Waals surface area (Å²) in [6.07, 6.45) is 0.992. The van der Waals surface area contributed by atoms with E-state index in [1.54, 1.807) is 28.6 Å².